The van der Waals surface area contributed by atoms with Gasteiger partial charge in [0.1, 0.15) is 18.4 Å². The lowest BCUT2D eigenvalue weighted by Crippen LogP contribution is -2.42. The maximum Gasteiger partial charge on any atom is 0.326 e. The molecule has 4 heteroatoms. The van der Waals surface area contributed by atoms with Crippen LogP contribution in [0.1, 0.15) is 23.6 Å². The molecule has 0 spiro atoms. The molecule has 0 aromatic heterocycles. The SMILES string of the molecule is CCNC(COc1c(C)ccc(C)c1C)C(=O)OC. The predicted octanol–water partition coefficient (Wildman–Crippen LogP) is 2.14. The number of likely N-dealkylation sites (N-methyl/N-ethyl adjacent to an activating group) is 1. The number of carbonyl (C=O) groups excluding carboxylic acids is 1. The maximum absolute atomic E-state index is 11.6. The van der Waals surface area contributed by atoms with Crippen LogP contribution in [0.15, 0.2) is 12.1 Å². The van der Waals surface area contributed by atoms with E-state index in [1.807, 2.05) is 33.8 Å². The molecule has 0 heterocycles. The van der Waals surface area contributed by atoms with E-state index in [0.717, 1.165) is 16.9 Å². The minimum Gasteiger partial charge on any atom is -0.491 e. The van der Waals surface area contributed by atoms with Gasteiger partial charge in [0.25, 0.3) is 0 Å². The van der Waals surface area contributed by atoms with Crippen LogP contribution in [0.5, 0.6) is 5.75 Å². The highest BCUT2D eigenvalue weighted by molar-refractivity contribution is 5.75. The Morgan fingerprint density at radius 2 is 1.89 bits per heavy atom. The smallest absolute Gasteiger partial charge is 0.326 e. The van der Waals surface area contributed by atoms with Gasteiger partial charge in [0.05, 0.1) is 7.11 Å². The van der Waals surface area contributed by atoms with E-state index >= 15 is 0 Å². The average Bonchev–Trinajstić information content (AvgIpc) is 2.41. The van der Waals surface area contributed by atoms with Gasteiger partial charge < -0.3 is 14.8 Å². The van der Waals surface area contributed by atoms with Gasteiger partial charge in [-0.25, -0.2) is 0 Å². The molecule has 1 N–H and O–H groups in total. The molecular formula is C15H23NO3. The molecule has 1 unspecified atom stereocenters. The number of esters is 1. The van der Waals surface area contributed by atoms with Crippen LogP contribution in [0.3, 0.4) is 0 Å². The van der Waals surface area contributed by atoms with E-state index in [1.165, 1.54) is 12.7 Å². The van der Waals surface area contributed by atoms with E-state index in [9.17, 15) is 4.79 Å². The highest BCUT2D eigenvalue weighted by Crippen LogP contribution is 2.25. The number of hydrogen-bond donors (Lipinski definition) is 1. The number of aryl methyl sites for hydroxylation is 2. The third kappa shape index (κ3) is 3.96. The zero-order valence-corrected chi connectivity index (χ0v) is 12.4. The van der Waals surface area contributed by atoms with Crippen molar-refractivity contribution in [1.82, 2.24) is 5.32 Å². The van der Waals surface area contributed by atoms with Crippen molar-refractivity contribution in [3.8, 4) is 5.75 Å². The topological polar surface area (TPSA) is 47.6 Å². The van der Waals surface area contributed by atoms with Crippen LogP contribution < -0.4 is 10.1 Å². The Morgan fingerprint density at radius 3 is 2.47 bits per heavy atom. The molecule has 106 valence electrons. The van der Waals surface area contributed by atoms with Crippen LogP contribution in [-0.4, -0.2) is 32.3 Å². The van der Waals surface area contributed by atoms with Gasteiger partial charge >= 0.3 is 5.97 Å². The minimum absolute atomic E-state index is 0.269. The van der Waals surface area contributed by atoms with Crippen molar-refractivity contribution in [2.45, 2.75) is 33.7 Å². The van der Waals surface area contributed by atoms with E-state index in [0.29, 0.717) is 6.54 Å². The molecule has 0 saturated heterocycles. The summed E-state index contributed by atoms with van der Waals surface area (Å²) >= 11 is 0. The Hall–Kier alpha value is -1.55. The number of rotatable bonds is 6. The van der Waals surface area contributed by atoms with Gasteiger partial charge in [-0.15, -0.1) is 0 Å². The van der Waals surface area contributed by atoms with Crippen LogP contribution in [0.2, 0.25) is 0 Å². The summed E-state index contributed by atoms with van der Waals surface area (Å²) in [6.07, 6.45) is 0. The Morgan fingerprint density at radius 1 is 1.26 bits per heavy atom. The van der Waals surface area contributed by atoms with Gasteiger partial charge in [0.2, 0.25) is 0 Å². The molecule has 4 nitrogen and oxygen atoms in total. The van der Waals surface area contributed by atoms with Crippen LogP contribution in [-0.2, 0) is 9.53 Å². The van der Waals surface area contributed by atoms with Crippen molar-refractivity contribution >= 4 is 5.97 Å². The fraction of sp³-hybridized carbons (Fsp3) is 0.533. The normalized spacial score (nSPS) is 12.1. The van der Waals surface area contributed by atoms with Gasteiger partial charge in [-0.3, -0.25) is 4.79 Å². The summed E-state index contributed by atoms with van der Waals surface area (Å²) in [5, 5.41) is 3.06. The summed E-state index contributed by atoms with van der Waals surface area (Å²) in [5.41, 5.74) is 3.36. The second kappa shape index (κ2) is 7.14. The second-order valence-corrected chi connectivity index (χ2v) is 4.60. The third-order valence-corrected chi connectivity index (χ3v) is 3.20. The molecule has 0 aliphatic rings. The standard InChI is InChI=1S/C15H23NO3/c1-6-16-13(15(17)18-5)9-19-14-11(3)8-7-10(2)12(14)4/h7-8,13,16H,6,9H2,1-5H3. The molecule has 0 fully saturated rings. The Labute approximate surface area is 115 Å². The molecule has 0 amide bonds. The lowest BCUT2D eigenvalue weighted by molar-refractivity contribution is -0.143. The number of benzene rings is 1. The first-order valence-corrected chi connectivity index (χ1v) is 6.52. The minimum atomic E-state index is -0.436. The van der Waals surface area contributed by atoms with Crippen LogP contribution in [0.25, 0.3) is 0 Å². The fourth-order valence-corrected chi connectivity index (χ4v) is 1.91. The van der Waals surface area contributed by atoms with Crippen LogP contribution in [0.4, 0.5) is 0 Å². The number of carbonyl (C=O) groups is 1. The molecule has 0 radical (unpaired) electrons. The maximum atomic E-state index is 11.6. The largest absolute Gasteiger partial charge is 0.491 e. The Kier molecular flexibility index (Phi) is 5.83. The first kappa shape index (κ1) is 15.5. The Balaban J connectivity index is 2.79. The predicted molar refractivity (Wildman–Crippen MR) is 75.6 cm³/mol. The summed E-state index contributed by atoms with van der Waals surface area (Å²) in [6.45, 7) is 8.98. The zero-order valence-electron chi connectivity index (χ0n) is 12.4. The summed E-state index contributed by atoms with van der Waals surface area (Å²) in [7, 11) is 1.38. The fourth-order valence-electron chi connectivity index (χ4n) is 1.91. The number of ether oxygens (including phenoxy) is 2. The molecular weight excluding hydrogens is 242 g/mol. The summed E-state index contributed by atoms with van der Waals surface area (Å²) in [4.78, 5) is 11.6. The molecule has 1 rings (SSSR count). The van der Waals surface area contributed by atoms with Gasteiger partial charge in [-0.05, 0) is 44.0 Å². The van der Waals surface area contributed by atoms with E-state index in [-0.39, 0.29) is 12.6 Å². The number of methoxy groups -OCH3 is 1. The van der Waals surface area contributed by atoms with Gasteiger partial charge in [-0.2, -0.15) is 0 Å². The molecule has 1 atom stereocenters. The van der Waals surface area contributed by atoms with Crippen LogP contribution in [0, 0.1) is 20.8 Å². The monoisotopic (exact) mass is 265 g/mol. The van der Waals surface area contributed by atoms with Crippen molar-refractivity contribution in [2.24, 2.45) is 0 Å². The highest BCUT2D eigenvalue weighted by atomic mass is 16.5. The molecule has 0 saturated carbocycles. The van der Waals surface area contributed by atoms with Gasteiger partial charge in [-0.1, -0.05) is 19.1 Å². The zero-order chi connectivity index (χ0) is 14.4. The van der Waals surface area contributed by atoms with Crippen LogP contribution >= 0.6 is 0 Å². The second-order valence-electron chi connectivity index (χ2n) is 4.60. The number of hydrogen-bond acceptors (Lipinski definition) is 4. The molecule has 0 aliphatic carbocycles. The van der Waals surface area contributed by atoms with Crippen molar-refractivity contribution in [3.63, 3.8) is 0 Å². The highest BCUT2D eigenvalue weighted by Gasteiger charge is 2.19. The van der Waals surface area contributed by atoms with E-state index < -0.39 is 6.04 Å². The molecule has 19 heavy (non-hydrogen) atoms. The molecule has 1 aromatic carbocycles. The molecule has 0 aliphatic heterocycles. The third-order valence-electron chi connectivity index (χ3n) is 3.20. The quantitative estimate of drug-likeness (QED) is 0.801. The van der Waals surface area contributed by atoms with E-state index in [2.05, 4.69) is 11.4 Å². The van der Waals surface area contributed by atoms with Crippen molar-refractivity contribution in [3.05, 3.63) is 28.8 Å². The average molecular weight is 265 g/mol. The summed E-state index contributed by atoms with van der Waals surface area (Å²) in [6, 6.07) is 3.66. The number of nitrogens with one attached hydrogen (secondary N) is 1. The molecule has 0 bridgehead atoms. The Bertz CT molecular complexity index is 443. The lowest BCUT2D eigenvalue weighted by Gasteiger charge is -2.19. The summed E-state index contributed by atoms with van der Waals surface area (Å²) < 4.78 is 10.6. The van der Waals surface area contributed by atoms with Crippen molar-refractivity contribution < 1.29 is 14.3 Å². The van der Waals surface area contributed by atoms with Crippen molar-refractivity contribution in [2.75, 3.05) is 20.3 Å². The molecule has 1 aromatic rings. The van der Waals surface area contributed by atoms with E-state index in [1.54, 1.807) is 0 Å². The van der Waals surface area contributed by atoms with Gasteiger partial charge in [0, 0.05) is 0 Å². The van der Waals surface area contributed by atoms with E-state index in [4.69, 9.17) is 9.47 Å². The summed E-state index contributed by atoms with van der Waals surface area (Å²) in [5.74, 6) is 0.552. The first-order chi connectivity index (χ1) is 9.01. The lowest BCUT2D eigenvalue weighted by atomic mass is 10.1. The van der Waals surface area contributed by atoms with Crippen molar-refractivity contribution in [1.29, 1.82) is 0 Å². The van der Waals surface area contributed by atoms with Gasteiger partial charge in [0.15, 0.2) is 0 Å². The first-order valence-electron chi connectivity index (χ1n) is 6.52.